The molecule has 2 unspecified atom stereocenters. The summed E-state index contributed by atoms with van der Waals surface area (Å²) in [5.74, 6) is 0.224. The average Bonchev–Trinajstić information content (AvgIpc) is 2.82. The number of aliphatic hydroxyl groups is 1. The summed E-state index contributed by atoms with van der Waals surface area (Å²) in [5, 5.41) is 10.5. The first-order valence-electron chi connectivity index (χ1n) is 7.02. The fourth-order valence-electron chi connectivity index (χ4n) is 3.41. The normalized spacial score (nSPS) is 27.0. The van der Waals surface area contributed by atoms with Gasteiger partial charge in [-0.2, -0.15) is 0 Å². The Morgan fingerprint density at radius 1 is 1.33 bits per heavy atom. The van der Waals surface area contributed by atoms with Gasteiger partial charge in [-0.05, 0) is 18.1 Å². The van der Waals surface area contributed by atoms with Crippen molar-refractivity contribution in [2.45, 2.75) is 19.4 Å². The molecule has 2 aliphatic rings. The number of fused-ring (bicyclic) bond motifs is 1. The number of carbonyl (C=O) groups excluding carboxylic acids is 1. The van der Waals surface area contributed by atoms with Gasteiger partial charge in [0.1, 0.15) is 17.0 Å². The summed E-state index contributed by atoms with van der Waals surface area (Å²) in [6, 6.07) is 7.81. The Kier molecular flexibility index (Phi) is 3.30. The molecule has 0 amide bonds. The molecular weight excluding hydrogens is 264 g/mol. The van der Waals surface area contributed by atoms with Crippen LogP contribution in [0.3, 0.4) is 0 Å². The molecule has 108 valence electrons. The minimum Gasteiger partial charge on any atom is -0.512 e. The highest BCUT2D eigenvalue weighted by molar-refractivity contribution is 6.02. The van der Waals surface area contributed by atoms with Crippen LogP contribution in [0.15, 0.2) is 54.3 Å². The summed E-state index contributed by atoms with van der Waals surface area (Å²) < 4.78 is 5.54. The first-order valence-corrected chi connectivity index (χ1v) is 7.02. The van der Waals surface area contributed by atoms with Gasteiger partial charge < -0.3 is 9.84 Å². The molecule has 3 nitrogen and oxygen atoms in total. The standard InChI is InChI=1S/C18H18O3/c1-12(19)18(10-6-5-9-16(18)21-2)17-14-8-4-3-7-13(14)11-15(17)20/h3-10,16,20H,11H2,1-2H3. The molecule has 2 atom stereocenters. The van der Waals surface area contributed by atoms with E-state index in [1.165, 1.54) is 0 Å². The summed E-state index contributed by atoms with van der Waals surface area (Å²) >= 11 is 0. The van der Waals surface area contributed by atoms with Crippen molar-refractivity contribution in [3.63, 3.8) is 0 Å². The number of aliphatic hydroxyl groups excluding tert-OH is 1. The molecule has 1 aromatic carbocycles. The van der Waals surface area contributed by atoms with E-state index < -0.39 is 11.5 Å². The Morgan fingerprint density at radius 2 is 2.10 bits per heavy atom. The van der Waals surface area contributed by atoms with Gasteiger partial charge in [0.25, 0.3) is 0 Å². The highest BCUT2D eigenvalue weighted by Gasteiger charge is 2.48. The van der Waals surface area contributed by atoms with Crippen LogP contribution in [0.2, 0.25) is 0 Å². The van der Waals surface area contributed by atoms with Gasteiger partial charge in [-0.25, -0.2) is 0 Å². The molecule has 0 spiro atoms. The fourth-order valence-corrected chi connectivity index (χ4v) is 3.41. The second-order valence-corrected chi connectivity index (χ2v) is 5.48. The van der Waals surface area contributed by atoms with Gasteiger partial charge >= 0.3 is 0 Å². The molecule has 21 heavy (non-hydrogen) atoms. The smallest absolute Gasteiger partial charge is 0.147 e. The maximum absolute atomic E-state index is 12.5. The van der Waals surface area contributed by atoms with Crippen molar-refractivity contribution in [1.29, 1.82) is 0 Å². The van der Waals surface area contributed by atoms with Crippen LogP contribution in [-0.4, -0.2) is 24.1 Å². The molecule has 0 aromatic heterocycles. The summed E-state index contributed by atoms with van der Waals surface area (Å²) in [7, 11) is 1.59. The molecule has 0 saturated carbocycles. The minimum atomic E-state index is -0.958. The van der Waals surface area contributed by atoms with Crippen molar-refractivity contribution in [1.82, 2.24) is 0 Å². The monoisotopic (exact) mass is 282 g/mol. The van der Waals surface area contributed by atoms with Gasteiger partial charge in [-0.3, -0.25) is 4.79 Å². The Balaban J connectivity index is 2.24. The second kappa shape index (κ2) is 5.01. The minimum absolute atomic E-state index is 0.0341. The molecule has 0 bridgehead atoms. The highest BCUT2D eigenvalue weighted by Crippen LogP contribution is 2.49. The SMILES string of the molecule is COC1C=CC=CC1(C(C)=O)C1=C(O)Cc2ccccc21. The quantitative estimate of drug-likeness (QED) is 0.926. The number of rotatable bonds is 3. The van der Waals surface area contributed by atoms with Crippen molar-refractivity contribution in [2.75, 3.05) is 7.11 Å². The third-order valence-electron chi connectivity index (χ3n) is 4.39. The molecule has 0 heterocycles. The van der Waals surface area contributed by atoms with Crippen LogP contribution >= 0.6 is 0 Å². The summed E-state index contributed by atoms with van der Waals surface area (Å²) in [4.78, 5) is 12.5. The molecular formula is C18H18O3. The fraction of sp³-hybridized carbons (Fsp3) is 0.278. The lowest BCUT2D eigenvalue weighted by molar-refractivity contribution is -0.125. The Morgan fingerprint density at radius 3 is 2.81 bits per heavy atom. The van der Waals surface area contributed by atoms with E-state index in [-0.39, 0.29) is 11.5 Å². The predicted molar refractivity (Wildman–Crippen MR) is 81.9 cm³/mol. The number of allylic oxidation sites excluding steroid dienone is 3. The number of carbonyl (C=O) groups is 1. The van der Waals surface area contributed by atoms with Crippen molar-refractivity contribution in [3.05, 3.63) is 65.5 Å². The molecule has 3 rings (SSSR count). The van der Waals surface area contributed by atoms with Crippen LogP contribution in [0.1, 0.15) is 18.1 Å². The second-order valence-electron chi connectivity index (χ2n) is 5.48. The van der Waals surface area contributed by atoms with E-state index in [0.29, 0.717) is 12.0 Å². The van der Waals surface area contributed by atoms with Gasteiger partial charge in [0, 0.05) is 19.1 Å². The van der Waals surface area contributed by atoms with Crippen LogP contribution in [0.25, 0.3) is 5.57 Å². The lowest BCUT2D eigenvalue weighted by Gasteiger charge is -2.37. The molecule has 1 aromatic rings. The predicted octanol–water partition coefficient (Wildman–Crippen LogP) is 3.23. The average molecular weight is 282 g/mol. The van der Waals surface area contributed by atoms with E-state index in [1.807, 2.05) is 48.6 Å². The molecule has 1 N–H and O–H groups in total. The highest BCUT2D eigenvalue weighted by atomic mass is 16.5. The van der Waals surface area contributed by atoms with Crippen molar-refractivity contribution >= 4 is 11.4 Å². The Bertz CT molecular complexity index is 681. The maximum Gasteiger partial charge on any atom is 0.147 e. The zero-order chi connectivity index (χ0) is 15.0. The molecule has 0 radical (unpaired) electrons. The van der Waals surface area contributed by atoms with E-state index >= 15 is 0 Å². The third kappa shape index (κ3) is 1.88. The van der Waals surface area contributed by atoms with Crippen LogP contribution in [-0.2, 0) is 16.0 Å². The van der Waals surface area contributed by atoms with Crippen LogP contribution in [0.4, 0.5) is 0 Å². The summed E-state index contributed by atoms with van der Waals surface area (Å²) in [6.45, 7) is 1.55. The van der Waals surface area contributed by atoms with E-state index in [4.69, 9.17) is 4.74 Å². The summed E-state index contributed by atoms with van der Waals surface area (Å²) in [6.07, 6.45) is 7.48. The van der Waals surface area contributed by atoms with Gasteiger partial charge in [0.15, 0.2) is 0 Å². The first kappa shape index (κ1) is 13.8. The lowest BCUT2D eigenvalue weighted by Crippen LogP contribution is -2.42. The number of ether oxygens (including phenoxy) is 1. The molecule has 3 heteroatoms. The van der Waals surface area contributed by atoms with E-state index in [2.05, 4.69) is 0 Å². The van der Waals surface area contributed by atoms with Crippen LogP contribution in [0.5, 0.6) is 0 Å². The lowest BCUT2D eigenvalue weighted by atomic mass is 9.68. The van der Waals surface area contributed by atoms with Gasteiger partial charge in [0.2, 0.25) is 0 Å². The Hall–Kier alpha value is -2.13. The van der Waals surface area contributed by atoms with E-state index in [1.54, 1.807) is 14.0 Å². The summed E-state index contributed by atoms with van der Waals surface area (Å²) in [5.41, 5.74) is 1.70. The number of Topliss-reactive ketones (excluding diaryl/α,β-unsaturated/α-hetero) is 1. The van der Waals surface area contributed by atoms with Gasteiger partial charge in [0.05, 0.1) is 6.10 Å². The number of benzene rings is 1. The van der Waals surface area contributed by atoms with Crippen molar-refractivity contribution in [2.24, 2.45) is 5.41 Å². The molecule has 0 aliphatic heterocycles. The topological polar surface area (TPSA) is 46.5 Å². The third-order valence-corrected chi connectivity index (χ3v) is 4.39. The zero-order valence-electron chi connectivity index (χ0n) is 12.2. The zero-order valence-corrected chi connectivity index (χ0v) is 12.2. The molecule has 0 saturated heterocycles. The number of ketones is 1. The van der Waals surface area contributed by atoms with Crippen LogP contribution < -0.4 is 0 Å². The van der Waals surface area contributed by atoms with Crippen molar-refractivity contribution in [3.8, 4) is 0 Å². The van der Waals surface area contributed by atoms with Gasteiger partial charge in [-0.15, -0.1) is 0 Å². The van der Waals surface area contributed by atoms with E-state index in [9.17, 15) is 9.90 Å². The van der Waals surface area contributed by atoms with Gasteiger partial charge in [-0.1, -0.05) is 48.6 Å². The Labute approximate surface area is 124 Å². The number of methoxy groups -OCH3 is 1. The number of hydrogen-bond donors (Lipinski definition) is 1. The largest absolute Gasteiger partial charge is 0.512 e. The molecule has 0 fully saturated rings. The van der Waals surface area contributed by atoms with E-state index in [0.717, 1.165) is 11.1 Å². The maximum atomic E-state index is 12.5. The molecule has 2 aliphatic carbocycles. The number of hydrogen-bond acceptors (Lipinski definition) is 3. The van der Waals surface area contributed by atoms with Crippen LogP contribution in [0, 0.1) is 5.41 Å². The first-order chi connectivity index (χ1) is 10.1. The van der Waals surface area contributed by atoms with Crippen molar-refractivity contribution < 1.29 is 14.6 Å².